The van der Waals surface area contributed by atoms with Crippen LogP contribution in [0.1, 0.15) is 31.7 Å². The Kier molecular flexibility index (Phi) is 6.47. The number of benzene rings is 1. The number of amides is 2. The number of hydrogen-bond donors (Lipinski definition) is 2. The van der Waals surface area contributed by atoms with Crippen molar-refractivity contribution in [3.63, 3.8) is 0 Å². The Balaban J connectivity index is 0.00000225. The highest BCUT2D eigenvalue weighted by Crippen LogP contribution is 2.28. The van der Waals surface area contributed by atoms with E-state index in [1.165, 1.54) is 0 Å². The Hall–Kier alpha value is -1.59. The number of nitrogens with one attached hydrogen (secondary N) is 2. The molecule has 2 amide bonds. The van der Waals surface area contributed by atoms with Gasteiger partial charge in [-0.15, -0.1) is 12.4 Å². The van der Waals surface area contributed by atoms with Gasteiger partial charge in [0, 0.05) is 25.2 Å². The highest BCUT2D eigenvalue weighted by Gasteiger charge is 2.36. The quantitative estimate of drug-likeness (QED) is 0.860. The highest BCUT2D eigenvalue weighted by atomic mass is 35.5. The lowest BCUT2D eigenvalue weighted by Gasteiger charge is -2.34. The predicted molar refractivity (Wildman–Crippen MR) is 102 cm³/mol. The van der Waals surface area contributed by atoms with Crippen molar-refractivity contribution in [3.05, 3.63) is 29.8 Å². The predicted octanol–water partition coefficient (Wildman–Crippen LogP) is 2.28. The molecule has 0 bridgehead atoms. The smallest absolute Gasteiger partial charge is 0.227 e. The van der Waals surface area contributed by atoms with Crippen LogP contribution in [0.15, 0.2) is 24.3 Å². The molecule has 25 heavy (non-hydrogen) atoms. The Morgan fingerprint density at radius 2 is 1.92 bits per heavy atom. The van der Waals surface area contributed by atoms with E-state index in [-0.39, 0.29) is 35.6 Å². The average molecular weight is 366 g/mol. The van der Waals surface area contributed by atoms with E-state index in [4.69, 9.17) is 0 Å². The molecule has 1 unspecified atom stereocenters. The summed E-state index contributed by atoms with van der Waals surface area (Å²) in [6.45, 7) is 7.44. The number of carbonyl (C=O) groups excluding carboxylic acids is 2. The molecule has 2 heterocycles. The van der Waals surface area contributed by atoms with E-state index >= 15 is 0 Å². The zero-order valence-corrected chi connectivity index (χ0v) is 15.8. The number of anilines is 1. The van der Waals surface area contributed by atoms with Crippen LogP contribution < -0.4 is 15.5 Å². The number of piperidine rings is 1. The van der Waals surface area contributed by atoms with Crippen LogP contribution in [0, 0.1) is 18.3 Å². The maximum Gasteiger partial charge on any atom is 0.227 e. The lowest BCUT2D eigenvalue weighted by atomic mass is 9.81. The molecule has 2 aliphatic rings. The van der Waals surface area contributed by atoms with E-state index in [0.717, 1.165) is 37.2 Å². The van der Waals surface area contributed by atoms with Crippen LogP contribution in [0.2, 0.25) is 0 Å². The molecule has 5 nitrogen and oxygen atoms in total. The van der Waals surface area contributed by atoms with E-state index in [0.29, 0.717) is 19.5 Å². The summed E-state index contributed by atoms with van der Waals surface area (Å²) >= 11 is 0. The van der Waals surface area contributed by atoms with Crippen LogP contribution >= 0.6 is 12.4 Å². The van der Waals surface area contributed by atoms with Gasteiger partial charge in [-0.1, -0.05) is 24.6 Å². The van der Waals surface area contributed by atoms with Crippen molar-refractivity contribution in [1.29, 1.82) is 0 Å². The van der Waals surface area contributed by atoms with Crippen molar-refractivity contribution in [1.82, 2.24) is 10.6 Å². The first kappa shape index (κ1) is 19.7. The zero-order chi connectivity index (χ0) is 17.2. The van der Waals surface area contributed by atoms with E-state index < -0.39 is 0 Å². The highest BCUT2D eigenvalue weighted by molar-refractivity contribution is 6.00. The standard InChI is InChI=1S/C19H27N3O2.ClH/c1-14-3-5-16(6-4-14)22-12-15(11-17(22)23)18(24)21-13-19(2)7-9-20-10-8-19;/h3-6,15,20H,7-13H2,1-2H3,(H,21,24);1H. The van der Waals surface area contributed by atoms with Gasteiger partial charge in [-0.25, -0.2) is 0 Å². The minimum atomic E-state index is -0.246. The van der Waals surface area contributed by atoms with Gasteiger partial charge in [-0.2, -0.15) is 0 Å². The summed E-state index contributed by atoms with van der Waals surface area (Å²) in [6.07, 6.45) is 2.46. The van der Waals surface area contributed by atoms with Gasteiger partial charge in [-0.3, -0.25) is 9.59 Å². The minimum Gasteiger partial charge on any atom is -0.355 e. The fraction of sp³-hybridized carbons (Fsp3) is 0.579. The summed E-state index contributed by atoms with van der Waals surface area (Å²) in [4.78, 5) is 26.5. The van der Waals surface area contributed by atoms with Gasteiger partial charge in [0.1, 0.15) is 0 Å². The molecular weight excluding hydrogens is 338 g/mol. The molecule has 138 valence electrons. The second-order valence-corrected chi connectivity index (χ2v) is 7.52. The van der Waals surface area contributed by atoms with Crippen LogP contribution in [-0.2, 0) is 9.59 Å². The third kappa shape index (κ3) is 4.73. The lowest BCUT2D eigenvalue weighted by molar-refractivity contribution is -0.126. The van der Waals surface area contributed by atoms with Crippen molar-refractivity contribution >= 4 is 29.9 Å². The molecule has 6 heteroatoms. The third-order valence-electron chi connectivity index (χ3n) is 5.34. The van der Waals surface area contributed by atoms with Crippen LogP contribution in [0.4, 0.5) is 5.69 Å². The van der Waals surface area contributed by atoms with Crippen molar-refractivity contribution in [2.75, 3.05) is 31.1 Å². The Morgan fingerprint density at radius 1 is 1.28 bits per heavy atom. The maximum atomic E-state index is 12.5. The fourth-order valence-corrected chi connectivity index (χ4v) is 3.51. The largest absolute Gasteiger partial charge is 0.355 e. The van der Waals surface area contributed by atoms with E-state index in [1.54, 1.807) is 4.90 Å². The molecule has 2 N–H and O–H groups in total. The molecule has 0 aliphatic carbocycles. The lowest BCUT2D eigenvalue weighted by Crippen LogP contribution is -2.44. The van der Waals surface area contributed by atoms with Crippen LogP contribution in [0.5, 0.6) is 0 Å². The fourth-order valence-electron chi connectivity index (χ4n) is 3.51. The summed E-state index contributed by atoms with van der Waals surface area (Å²) in [5, 5.41) is 6.44. The average Bonchev–Trinajstić information content (AvgIpc) is 2.96. The van der Waals surface area contributed by atoms with Crippen LogP contribution in [-0.4, -0.2) is 38.0 Å². The first-order chi connectivity index (χ1) is 11.5. The first-order valence-corrected chi connectivity index (χ1v) is 8.82. The Bertz CT molecular complexity index is 612. The summed E-state index contributed by atoms with van der Waals surface area (Å²) in [5.41, 5.74) is 2.21. The van der Waals surface area contributed by atoms with Gasteiger partial charge in [0.15, 0.2) is 0 Å². The summed E-state index contributed by atoms with van der Waals surface area (Å²) in [7, 11) is 0. The van der Waals surface area contributed by atoms with Crippen LogP contribution in [0.25, 0.3) is 0 Å². The van der Waals surface area contributed by atoms with Gasteiger partial charge in [0.2, 0.25) is 11.8 Å². The van der Waals surface area contributed by atoms with Gasteiger partial charge in [-0.05, 0) is 50.4 Å². The second kappa shape index (κ2) is 8.19. The molecule has 0 aromatic heterocycles. The zero-order valence-electron chi connectivity index (χ0n) is 15.0. The van der Waals surface area contributed by atoms with Gasteiger partial charge < -0.3 is 15.5 Å². The topological polar surface area (TPSA) is 61.4 Å². The number of halogens is 1. The number of aryl methyl sites for hydroxylation is 1. The number of carbonyl (C=O) groups is 2. The van der Waals surface area contributed by atoms with Crippen molar-refractivity contribution in [2.45, 2.75) is 33.1 Å². The first-order valence-electron chi connectivity index (χ1n) is 8.82. The number of hydrogen-bond acceptors (Lipinski definition) is 3. The number of nitrogens with zero attached hydrogens (tertiary/aromatic N) is 1. The monoisotopic (exact) mass is 365 g/mol. The Morgan fingerprint density at radius 3 is 2.56 bits per heavy atom. The van der Waals surface area contributed by atoms with Gasteiger partial charge in [0.25, 0.3) is 0 Å². The molecule has 0 saturated carbocycles. The van der Waals surface area contributed by atoms with E-state index in [1.807, 2.05) is 31.2 Å². The third-order valence-corrected chi connectivity index (χ3v) is 5.34. The van der Waals surface area contributed by atoms with Crippen molar-refractivity contribution in [2.24, 2.45) is 11.3 Å². The molecule has 3 rings (SSSR count). The second-order valence-electron chi connectivity index (χ2n) is 7.52. The molecule has 2 aliphatic heterocycles. The summed E-state index contributed by atoms with van der Waals surface area (Å²) in [5.74, 6) is -0.200. The Labute approximate surface area is 155 Å². The van der Waals surface area contributed by atoms with Crippen molar-refractivity contribution in [3.8, 4) is 0 Å². The molecule has 1 aromatic rings. The van der Waals surface area contributed by atoms with Gasteiger partial charge >= 0.3 is 0 Å². The normalized spacial score (nSPS) is 22.4. The van der Waals surface area contributed by atoms with Crippen molar-refractivity contribution < 1.29 is 9.59 Å². The molecule has 1 atom stereocenters. The van der Waals surface area contributed by atoms with E-state index in [2.05, 4.69) is 17.6 Å². The SMILES string of the molecule is Cc1ccc(N2CC(C(=O)NCC3(C)CCNCC3)CC2=O)cc1.Cl. The molecule has 0 radical (unpaired) electrons. The summed E-state index contributed by atoms with van der Waals surface area (Å²) in [6, 6.07) is 7.88. The van der Waals surface area contributed by atoms with E-state index in [9.17, 15) is 9.59 Å². The summed E-state index contributed by atoms with van der Waals surface area (Å²) < 4.78 is 0. The molecule has 2 saturated heterocycles. The van der Waals surface area contributed by atoms with Crippen LogP contribution in [0.3, 0.4) is 0 Å². The minimum absolute atomic E-state index is 0. The molecule has 0 spiro atoms. The number of rotatable bonds is 4. The maximum absolute atomic E-state index is 12.5. The molecule has 2 fully saturated rings. The van der Waals surface area contributed by atoms with Gasteiger partial charge in [0.05, 0.1) is 5.92 Å². The molecular formula is C19H28ClN3O2. The molecule has 1 aromatic carbocycles.